The van der Waals surface area contributed by atoms with E-state index in [1.54, 1.807) is 0 Å². The highest BCUT2D eigenvalue weighted by molar-refractivity contribution is 6.36. The average Bonchev–Trinajstić information content (AvgIpc) is 2.39. The summed E-state index contributed by atoms with van der Waals surface area (Å²) < 4.78 is 74.6. The highest BCUT2D eigenvalue weighted by atomic mass is 19.4. The van der Waals surface area contributed by atoms with Gasteiger partial charge in [0.05, 0.1) is 0 Å². The lowest BCUT2D eigenvalue weighted by Crippen LogP contribution is -2.48. The third kappa shape index (κ3) is 7.42. The summed E-state index contributed by atoms with van der Waals surface area (Å²) in [5.74, 6) is -5.96. The second kappa shape index (κ2) is 8.11. The molecule has 12 heteroatoms. The van der Waals surface area contributed by atoms with Crippen molar-refractivity contribution in [3.63, 3.8) is 0 Å². The van der Waals surface area contributed by atoms with Crippen molar-refractivity contribution in [3.05, 3.63) is 0 Å². The molecule has 0 rings (SSSR count). The third-order valence-electron chi connectivity index (χ3n) is 2.77. The van der Waals surface area contributed by atoms with Crippen LogP contribution in [0.1, 0.15) is 26.7 Å². The summed E-state index contributed by atoms with van der Waals surface area (Å²) in [5.41, 5.74) is 0. The molecule has 2 atom stereocenters. The van der Waals surface area contributed by atoms with Crippen molar-refractivity contribution in [1.82, 2.24) is 10.6 Å². The fraction of sp³-hybridized carbons (Fsp3) is 0.667. The molecule has 138 valence electrons. The van der Waals surface area contributed by atoms with Crippen LogP contribution in [0, 0.1) is 0 Å². The molecule has 0 aliphatic carbocycles. The Morgan fingerprint density at radius 1 is 0.875 bits per heavy atom. The number of carbonyl (C=O) groups is 4. The molecule has 6 nitrogen and oxygen atoms in total. The molecule has 0 aliphatic heterocycles. The lowest BCUT2D eigenvalue weighted by molar-refractivity contribution is -0.165. The highest BCUT2D eigenvalue weighted by Gasteiger charge is 2.42. The summed E-state index contributed by atoms with van der Waals surface area (Å²) in [7, 11) is 0. The van der Waals surface area contributed by atoms with Crippen LogP contribution in [0.3, 0.4) is 0 Å². The highest BCUT2D eigenvalue weighted by Crippen LogP contribution is 2.24. The van der Waals surface area contributed by atoms with E-state index in [2.05, 4.69) is 0 Å². The molecule has 0 saturated carbocycles. The fourth-order valence-corrected chi connectivity index (χ4v) is 1.33. The molecule has 0 spiro atoms. The smallest absolute Gasteiger partial charge is 0.338 e. The molecule has 0 bridgehead atoms. The molecule has 0 radical (unpaired) electrons. The molecule has 2 N–H and O–H groups in total. The van der Waals surface area contributed by atoms with E-state index in [4.69, 9.17) is 0 Å². The van der Waals surface area contributed by atoms with Crippen LogP contribution < -0.4 is 10.6 Å². The van der Waals surface area contributed by atoms with Crippen molar-refractivity contribution >= 4 is 23.4 Å². The maximum Gasteiger partial charge on any atom is 0.408 e. The van der Waals surface area contributed by atoms with Gasteiger partial charge in [0, 0.05) is 13.3 Å². The lowest BCUT2D eigenvalue weighted by atomic mass is 10.1. The lowest BCUT2D eigenvalue weighted by Gasteiger charge is -2.21. The van der Waals surface area contributed by atoms with Gasteiger partial charge in [0.1, 0.15) is 12.1 Å². The minimum absolute atomic E-state index is 0.552. The molecule has 0 aromatic carbocycles. The number of rotatable bonds is 7. The molecule has 0 fully saturated rings. The number of alkyl halides is 6. The summed E-state index contributed by atoms with van der Waals surface area (Å²) in [5, 5.41) is 2.64. The van der Waals surface area contributed by atoms with Gasteiger partial charge in [0.2, 0.25) is 11.6 Å². The van der Waals surface area contributed by atoms with E-state index in [1.165, 1.54) is 10.6 Å². The monoisotopic (exact) mass is 364 g/mol. The average molecular weight is 364 g/mol. The number of hydrogen-bond donors (Lipinski definition) is 2. The number of Topliss-reactive ketones (excluding diaryl/α,β-unsaturated/α-hetero) is 2. The van der Waals surface area contributed by atoms with E-state index in [0.717, 1.165) is 6.92 Å². The Balaban J connectivity index is 4.74. The second-order valence-electron chi connectivity index (χ2n) is 4.82. The van der Waals surface area contributed by atoms with Gasteiger partial charge in [-0.05, 0) is 13.3 Å². The minimum atomic E-state index is -5.01. The molecule has 24 heavy (non-hydrogen) atoms. The Hall–Kier alpha value is -2.14. The first kappa shape index (κ1) is 21.9. The first-order valence-electron chi connectivity index (χ1n) is 6.44. The SMILES string of the molecule is CC(=O)C(=O)N[C@H](CCC(=O)C(=O)N[C@@H](C)C(F)(F)F)C(F)(F)F. The predicted octanol–water partition coefficient (Wildman–Crippen LogP) is 1.04. The predicted molar refractivity (Wildman–Crippen MR) is 66.6 cm³/mol. The largest absolute Gasteiger partial charge is 0.408 e. The standard InChI is InChI=1S/C12H14F6N2O4/c1-5(21)9(23)20-8(12(16,17)18)4-3-7(22)10(24)19-6(2)11(13,14)15/h6,8H,3-4H2,1-2H3,(H,19,24)(H,20,23)/t6-,8+/m0/s1. The van der Waals surface area contributed by atoms with E-state index in [0.29, 0.717) is 6.92 Å². The molecule has 0 aliphatic rings. The van der Waals surface area contributed by atoms with Crippen LogP contribution in [0.25, 0.3) is 0 Å². The van der Waals surface area contributed by atoms with Crippen molar-refractivity contribution in [2.24, 2.45) is 0 Å². The number of ketones is 2. The van der Waals surface area contributed by atoms with E-state index in [-0.39, 0.29) is 0 Å². The van der Waals surface area contributed by atoms with Crippen LogP contribution in [-0.2, 0) is 19.2 Å². The first-order chi connectivity index (χ1) is 10.7. The zero-order valence-electron chi connectivity index (χ0n) is 12.5. The fourth-order valence-electron chi connectivity index (χ4n) is 1.33. The van der Waals surface area contributed by atoms with Gasteiger partial charge in [0.15, 0.2) is 0 Å². The normalized spacial score (nSPS) is 14.5. The van der Waals surface area contributed by atoms with Crippen molar-refractivity contribution < 1.29 is 45.5 Å². The molecule has 0 heterocycles. The van der Waals surface area contributed by atoms with Crippen LogP contribution in [0.5, 0.6) is 0 Å². The minimum Gasteiger partial charge on any atom is -0.338 e. The summed E-state index contributed by atoms with van der Waals surface area (Å²) >= 11 is 0. The summed E-state index contributed by atoms with van der Waals surface area (Å²) in [6.45, 7) is 1.27. The summed E-state index contributed by atoms with van der Waals surface area (Å²) in [6, 6.07) is -4.95. The van der Waals surface area contributed by atoms with Gasteiger partial charge in [-0.15, -0.1) is 0 Å². The van der Waals surface area contributed by atoms with Crippen molar-refractivity contribution in [3.8, 4) is 0 Å². The Kier molecular flexibility index (Phi) is 7.38. The summed E-state index contributed by atoms with van der Waals surface area (Å²) in [6.07, 6.45) is -12.0. The van der Waals surface area contributed by atoms with Crippen LogP contribution in [-0.4, -0.2) is 47.8 Å². The Labute approximate surface area is 131 Å². The zero-order valence-corrected chi connectivity index (χ0v) is 12.5. The van der Waals surface area contributed by atoms with Crippen LogP contribution in [0.4, 0.5) is 26.3 Å². The van der Waals surface area contributed by atoms with Gasteiger partial charge >= 0.3 is 12.4 Å². The van der Waals surface area contributed by atoms with E-state index in [1.807, 2.05) is 0 Å². The van der Waals surface area contributed by atoms with Gasteiger partial charge in [-0.3, -0.25) is 19.2 Å². The van der Waals surface area contributed by atoms with Crippen LogP contribution in [0.2, 0.25) is 0 Å². The molecular weight excluding hydrogens is 350 g/mol. The molecular formula is C12H14F6N2O4. The zero-order chi connectivity index (χ0) is 19.3. The van der Waals surface area contributed by atoms with Crippen LogP contribution in [0.15, 0.2) is 0 Å². The van der Waals surface area contributed by atoms with Gasteiger partial charge in [-0.1, -0.05) is 0 Å². The molecule has 0 aromatic rings. The third-order valence-corrected chi connectivity index (χ3v) is 2.77. The Morgan fingerprint density at radius 2 is 1.38 bits per heavy atom. The van der Waals surface area contributed by atoms with Crippen LogP contribution >= 0.6 is 0 Å². The number of nitrogens with one attached hydrogen (secondary N) is 2. The number of hydrogen-bond acceptors (Lipinski definition) is 4. The molecule has 0 unspecified atom stereocenters. The van der Waals surface area contributed by atoms with E-state index in [9.17, 15) is 45.5 Å². The Morgan fingerprint density at radius 3 is 1.75 bits per heavy atom. The van der Waals surface area contributed by atoms with Gasteiger partial charge < -0.3 is 10.6 Å². The number of carbonyl (C=O) groups excluding carboxylic acids is 4. The number of amides is 2. The van der Waals surface area contributed by atoms with Gasteiger partial charge in [-0.25, -0.2) is 0 Å². The maximum atomic E-state index is 12.7. The van der Waals surface area contributed by atoms with Crippen molar-refractivity contribution in [2.75, 3.05) is 0 Å². The second-order valence-corrected chi connectivity index (χ2v) is 4.82. The maximum absolute atomic E-state index is 12.7. The van der Waals surface area contributed by atoms with Gasteiger partial charge in [-0.2, -0.15) is 26.3 Å². The number of halogens is 6. The van der Waals surface area contributed by atoms with Gasteiger partial charge in [0.25, 0.3) is 11.8 Å². The topological polar surface area (TPSA) is 92.3 Å². The molecule has 0 aromatic heterocycles. The molecule has 2 amide bonds. The van der Waals surface area contributed by atoms with E-state index < -0.39 is 60.7 Å². The van der Waals surface area contributed by atoms with Crippen molar-refractivity contribution in [2.45, 2.75) is 51.1 Å². The quantitative estimate of drug-likeness (QED) is 0.522. The van der Waals surface area contributed by atoms with E-state index >= 15 is 0 Å². The Bertz CT molecular complexity index is 515. The summed E-state index contributed by atoms with van der Waals surface area (Å²) in [4.78, 5) is 44.2. The molecule has 0 saturated heterocycles. The van der Waals surface area contributed by atoms with Crippen molar-refractivity contribution in [1.29, 1.82) is 0 Å². The first-order valence-corrected chi connectivity index (χ1v) is 6.44.